The molecule has 0 bridgehead atoms. The molecule has 1 N–H and O–H groups in total. The molecule has 1 saturated carbocycles. The Kier molecular flexibility index (Phi) is 2.52. The number of rotatable bonds is 3. The number of nitrogens with one attached hydrogen (secondary N) is 1. The van der Waals surface area contributed by atoms with Crippen LogP contribution >= 0.6 is 0 Å². The van der Waals surface area contributed by atoms with Gasteiger partial charge < -0.3 is 5.32 Å². The summed E-state index contributed by atoms with van der Waals surface area (Å²) in [6.07, 6.45) is 3.89. The van der Waals surface area contributed by atoms with Gasteiger partial charge in [-0.1, -0.05) is 12.1 Å². The molecule has 1 fully saturated rings. The molecule has 1 heterocycles. The van der Waals surface area contributed by atoms with Crippen LogP contribution in [0.1, 0.15) is 18.4 Å². The van der Waals surface area contributed by atoms with Crippen LogP contribution in [0.3, 0.4) is 0 Å². The van der Waals surface area contributed by atoms with E-state index < -0.39 is 0 Å². The third-order valence-electron chi connectivity index (χ3n) is 3.08. The van der Waals surface area contributed by atoms with Gasteiger partial charge in [0.25, 0.3) is 0 Å². The predicted octanol–water partition coefficient (Wildman–Crippen LogP) is 2.26. The minimum atomic E-state index is 0.191. The van der Waals surface area contributed by atoms with Crippen molar-refractivity contribution in [3.63, 3.8) is 0 Å². The maximum Gasteiger partial charge on any atom is 0.223 e. The molecule has 0 saturated heterocycles. The zero-order valence-corrected chi connectivity index (χ0v) is 9.52. The zero-order valence-electron chi connectivity index (χ0n) is 9.52. The number of carbonyl (C=O) groups excluding carboxylic acids is 1. The van der Waals surface area contributed by atoms with Crippen molar-refractivity contribution in [3.8, 4) is 0 Å². The Bertz CT molecular complexity index is 561. The molecule has 0 aliphatic heterocycles. The summed E-state index contributed by atoms with van der Waals surface area (Å²) in [7, 11) is 0. The van der Waals surface area contributed by atoms with Crippen molar-refractivity contribution in [1.29, 1.82) is 0 Å². The Labute approximate surface area is 99.9 Å². The molecular formula is C14H14N2O. The van der Waals surface area contributed by atoms with Gasteiger partial charge in [0.2, 0.25) is 5.91 Å². The first-order valence-corrected chi connectivity index (χ1v) is 5.94. The van der Waals surface area contributed by atoms with Crippen LogP contribution in [0.4, 0.5) is 0 Å². The summed E-state index contributed by atoms with van der Waals surface area (Å²) in [4.78, 5) is 15.8. The molecule has 0 unspecified atom stereocenters. The Morgan fingerprint density at radius 2 is 2.24 bits per heavy atom. The highest BCUT2D eigenvalue weighted by molar-refractivity contribution is 5.81. The van der Waals surface area contributed by atoms with Gasteiger partial charge in [-0.2, -0.15) is 0 Å². The summed E-state index contributed by atoms with van der Waals surface area (Å²) in [5.74, 6) is 0.466. The topological polar surface area (TPSA) is 42.0 Å². The van der Waals surface area contributed by atoms with E-state index in [1.54, 1.807) is 6.20 Å². The standard InChI is InChI=1S/C14H14N2O/c17-14(11-4-5-11)16-9-10-3-6-13-12(8-10)2-1-7-15-13/h1-3,6-8,11H,4-5,9H2,(H,16,17). The normalized spacial score (nSPS) is 14.8. The first-order chi connectivity index (χ1) is 8.33. The minimum absolute atomic E-state index is 0.191. The van der Waals surface area contributed by atoms with Gasteiger partial charge in [0.1, 0.15) is 0 Å². The highest BCUT2D eigenvalue weighted by atomic mass is 16.2. The quantitative estimate of drug-likeness (QED) is 0.872. The third kappa shape index (κ3) is 2.28. The Hall–Kier alpha value is -1.90. The SMILES string of the molecule is O=C(NCc1ccc2ncccc2c1)C1CC1. The van der Waals surface area contributed by atoms with Gasteiger partial charge in [-0.05, 0) is 36.6 Å². The average Bonchev–Trinajstić information content (AvgIpc) is 3.20. The highest BCUT2D eigenvalue weighted by Crippen LogP contribution is 2.28. The summed E-state index contributed by atoms with van der Waals surface area (Å²) in [6.45, 7) is 0.611. The molecule has 86 valence electrons. The molecule has 1 aromatic carbocycles. The molecule has 1 amide bonds. The maximum atomic E-state index is 11.5. The number of carbonyl (C=O) groups is 1. The predicted molar refractivity (Wildman–Crippen MR) is 66.3 cm³/mol. The van der Waals surface area contributed by atoms with Gasteiger partial charge >= 0.3 is 0 Å². The van der Waals surface area contributed by atoms with E-state index in [1.807, 2.05) is 24.3 Å². The number of hydrogen-bond donors (Lipinski definition) is 1. The Morgan fingerprint density at radius 1 is 1.35 bits per heavy atom. The number of pyridine rings is 1. The van der Waals surface area contributed by atoms with Crippen molar-refractivity contribution in [2.45, 2.75) is 19.4 Å². The molecule has 3 heteroatoms. The van der Waals surface area contributed by atoms with Gasteiger partial charge in [0.15, 0.2) is 0 Å². The lowest BCUT2D eigenvalue weighted by atomic mass is 10.1. The van der Waals surface area contributed by atoms with Crippen LogP contribution in [-0.4, -0.2) is 10.9 Å². The monoisotopic (exact) mass is 226 g/mol. The number of aromatic nitrogens is 1. The van der Waals surface area contributed by atoms with Crippen LogP contribution in [0.15, 0.2) is 36.5 Å². The van der Waals surface area contributed by atoms with E-state index in [1.165, 1.54) is 0 Å². The van der Waals surface area contributed by atoms with Crippen molar-refractivity contribution in [1.82, 2.24) is 10.3 Å². The Balaban J connectivity index is 1.74. The number of nitrogens with zero attached hydrogens (tertiary/aromatic N) is 1. The first-order valence-electron chi connectivity index (χ1n) is 5.94. The fourth-order valence-corrected chi connectivity index (χ4v) is 1.91. The zero-order chi connectivity index (χ0) is 11.7. The number of amides is 1. The molecule has 0 radical (unpaired) electrons. The second-order valence-electron chi connectivity index (χ2n) is 4.52. The van der Waals surface area contributed by atoms with Crippen LogP contribution in [0.25, 0.3) is 10.9 Å². The van der Waals surface area contributed by atoms with Crippen molar-refractivity contribution < 1.29 is 4.79 Å². The summed E-state index contributed by atoms with van der Waals surface area (Å²) in [5.41, 5.74) is 2.12. The maximum absolute atomic E-state index is 11.5. The lowest BCUT2D eigenvalue weighted by molar-refractivity contribution is -0.122. The van der Waals surface area contributed by atoms with E-state index in [2.05, 4.69) is 16.4 Å². The second kappa shape index (κ2) is 4.17. The molecule has 2 aromatic rings. The first kappa shape index (κ1) is 10.3. The van der Waals surface area contributed by atoms with Gasteiger partial charge in [0.05, 0.1) is 5.52 Å². The highest BCUT2D eigenvalue weighted by Gasteiger charge is 2.29. The van der Waals surface area contributed by atoms with Crippen molar-refractivity contribution in [2.24, 2.45) is 5.92 Å². The third-order valence-corrected chi connectivity index (χ3v) is 3.08. The van der Waals surface area contributed by atoms with E-state index in [9.17, 15) is 4.79 Å². The van der Waals surface area contributed by atoms with Crippen molar-refractivity contribution in [3.05, 3.63) is 42.1 Å². The molecule has 3 nitrogen and oxygen atoms in total. The van der Waals surface area contributed by atoms with Gasteiger partial charge in [-0.15, -0.1) is 0 Å². The summed E-state index contributed by atoms with van der Waals surface area (Å²) in [6, 6.07) is 10.1. The van der Waals surface area contributed by atoms with Crippen LogP contribution in [0, 0.1) is 5.92 Å². The Morgan fingerprint density at radius 3 is 3.06 bits per heavy atom. The largest absolute Gasteiger partial charge is 0.352 e. The van der Waals surface area contributed by atoms with E-state index in [4.69, 9.17) is 0 Å². The van der Waals surface area contributed by atoms with Crippen LogP contribution in [-0.2, 0) is 11.3 Å². The second-order valence-corrected chi connectivity index (χ2v) is 4.52. The fourth-order valence-electron chi connectivity index (χ4n) is 1.91. The van der Waals surface area contributed by atoms with Crippen molar-refractivity contribution in [2.75, 3.05) is 0 Å². The number of benzene rings is 1. The van der Waals surface area contributed by atoms with Crippen LogP contribution in [0.2, 0.25) is 0 Å². The molecular weight excluding hydrogens is 212 g/mol. The molecule has 0 atom stereocenters. The van der Waals surface area contributed by atoms with E-state index in [0.29, 0.717) is 6.54 Å². The molecule has 3 rings (SSSR count). The van der Waals surface area contributed by atoms with Gasteiger partial charge in [0, 0.05) is 24.0 Å². The molecule has 1 aliphatic rings. The smallest absolute Gasteiger partial charge is 0.223 e. The lowest BCUT2D eigenvalue weighted by Crippen LogP contribution is -2.24. The molecule has 1 aromatic heterocycles. The average molecular weight is 226 g/mol. The minimum Gasteiger partial charge on any atom is -0.352 e. The van der Waals surface area contributed by atoms with Crippen LogP contribution < -0.4 is 5.32 Å². The molecule has 1 aliphatic carbocycles. The summed E-state index contributed by atoms with van der Waals surface area (Å²) in [5, 5.41) is 4.08. The summed E-state index contributed by atoms with van der Waals surface area (Å²) < 4.78 is 0. The number of hydrogen-bond acceptors (Lipinski definition) is 2. The van der Waals surface area contributed by atoms with E-state index in [0.717, 1.165) is 29.3 Å². The van der Waals surface area contributed by atoms with E-state index in [-0.39, 0.29) is 11.8 Å². The summed E-state index contributed by atoms with van der Waals surface area (Å²) >= 11 is 0. The lowest BCUT2D eigenvalue weighted by Gasteiger charge is -2.05. The van der Waals surface area contributed by atoms with E-state index >= 15 is 0 Å². The van der Waals surface area contributed by atoms with Crippen LogP contribution in [0.5, 0.6) is 0 Å². The van der Waals surface area contributed by atoms with Gasteiger partial charge in [-0.25, -0.2) is 0 Å². The molecule has 17 heavy (non-hydrogen) atoms. The fraction of sp³-hybridized carbons (Fsp3) is 0.286. The number of fused-ring (bicyclic) bond motifs is 1. The molecule has 0 spiro atoms. The van der Waals surface area contributed by atoms with Crippen molar-refractivity contribution >= 4 is 16.8 Å². The van der Waals surface area contributed by atoms with Gasteiger partial charge in [-0.3, -0.25) is 9.78 Å².